The third-order valence-corrected chi connectivity index (χ3v) is 12.4. The number of unbranched alkanes of at least 4 members (excludes halogenated alkanes) is 24. The largest absolute Gasteiger partial charge is 0.472 e. The zero-order valence-corrected chi connectivity index (χ0v) is 43.1. The van der Waals surface area contributed by atoms with E-state index in [0.717, 1.165) is 57.8 Å². The number of quaternary nitrogens is 1. The number of phosphoric acid groups is 1. The molecule has 64 heavy (non-hydrogen) atoms. The second-order valence-corrected chi connectivity index (χ2v) is 20.3. The Labute approximate surface area is 395 Å². The number of allylic oxidation sites excluding steroid dienone is 11. The van der Waals surface area contributed by atoms with Crippen molar-refractivity contribution in [2.45, 2.75) is 231 Å². The van der Waals surface area contributed by atoms with E-state index in [-0.39, 0.29) is 25.5 Å². The van der Waals surface area contributed by atoms with E-state index in [9.17, 15) is 19.4 Å². The summed E-state index contributed by atoms with van der Waals surface area (Å²) in [7, 11) is 1.53. The summed E-state index contributed by atoms with van der Waals surface area (Å²) in [5, 5.41) is 13.9. The number of hydrogen-bond acceptors (Lipinski definition) is 5. The minimum absolute atomic E-state index is 0.0477. The summed E-state index contributed by atoms with van der Waals surface area (Å²) < 4.78 is 23.6. The fourth-order valence-corrected chi connectivity index (χ4v) is 8.05. The lowest BCUT2D eigenvalue weighted by Gasteiger charge is -2.25. The lowest BCUT2D eigenvalue weighted by molar-refractivity contribution is -0.870. The Bertz CT molecular complexity index is 1270. The highest BCUT2D eigenvalue weighted by Gasteiger charge is 2.27. The van der Waals surface area contributed by atoms with Gasteiger partial charge in [0.25, 0.3) is 0 Å². The monoisotopic (exact) mass is 918 g/mol. The second kappa shape index (κ2) is 46.1. The normalized spacial score (nSPS) is 14.7. The van der Waals surface area contributed by atoms with Gasteiger partial charge in [-0.3, -0.25) is 13.8 Å². The van der Waals surface area contributed by atoms with Crippen LogP contribution in [0.25, 0.3) is 0 Å². The van der Waals surface area contributed by atoms with Gasteiger partial charge in [-0.05, 0) is 57.8 Å². The predicted octanol–water partition coefficient (Wildman–Crippen LogP) is 15.5. The molecule has 0 bridgehead atoms. The van der Waals surface area contributed by atoms with E-state index < -0.39 is 20.0 Å². The quantitative estimate of drug-likeness (QED) is 0.0243. The van der Waals surface area contributed by atoms with Crippen molar-refractivity contribution in [1.29, 1.82) is 0 Å². The summed E-state index contributed by atoms with van der Waals surface area (Å²) in [5.74, 6) is -0.234. The van der Waals surface area contributed by atoms with Gasteiger partial charge in [-0.1, -0.05) is 228 Å². The topological polar surface area (TPSA) is 105 Å². The number of phosphoric ester groups is 1. The van der Waals surface area contributed by atoms with Gasteiger partial charge in [-0.15, -0.1) is 0 Å². The van der Waals surface area contributed by atoms with Crippen LogP contribution in [0.2, 0.25) is 0 Å². The van der Waals surface area contributed by atoms with Crippen molar-refractivity contribution in [2.24, 2.45) is 0 Å². The fourth-order valence-electron chi connectivity index (χ4n) is 7.31. The van der Waals surface area contributed by atoms with Crippen molar-refractivity contribution in [1.82, 2.24) is 5.32 Å². The lowest BCUT2D eigenvalue weighted by atomic mass is 10.0. The number of rotatable bonds is 47. The van der Waals surface area contributed by atoms with Crippen LogP contribution in [0.4, 0.5) is 0 Å². The van der Waals surface area contributed by atoms with Gasteiger partial charge in [0, 0.05) is 6.42 Å². The standard InChI is InChI=1S/C55H101N2O6P/c1-6-8-10-12-14-16-18-20-22-24-25-26-27-28-29-30-31-33-34-36-38-40-42-44-46-48-54(58)53(52-63-64(60,61)62-51-50-57(3,4)5)56-55(59)49-47-45-43-41-39-37-35-32-23-21-19-17-15-13-11-9-7-2/h9,11,15,17,21,23,35,37,41,43,46,48,53-54,58H,6-8,10,12-14,16,18-20,22,24-34,36,38-40,42,44-45,47,49-52H2,1-5H3,(H-,56,59,60,61)/p+1/b11-9-,17-15-,23-21-,37-35-,43-41-,48-46+. The Hall–Kier alpha value is -2.06. The third kappa shape index (κ3) is 47.9. The molecule has 1 amide bonds. The Balaban J connectivity index is 4.34. The Morgan fingerprint density at radius 2 is 0.938 bits per heavy atom. The molecule has 0 aromatic rings. The molecule has 0 aliphatic rings. The average molecular weight is 918 g/mol. The van der Waals surface area contributed by atoms with Crippen LogP contribution in [-0.4, -0.2) is 73.4 Å². The maximum Gasteiger partial charge on any atom is 0.472 e. The van der Waals surface area contributed by atoms with Crippen molar-refractivity contribution >= 4 is 13.7 Å². The fraction of sp³-hybridized carbons (Fsp3) is 0.764. The number of hydrogen-bond donors (Lipinski definition) is 3. The zero-order chi connectivity index (χ0) is 47.1. The molecule has 372 valence electrons. The molecule has 0 saturated heterocycles. The summed E-state index contributed by atoms with van der Waals surface area (Å²) >= 11 is 0. The van der Waals surface area contributed by atoms with Crippen LogP contribution in [0.5, 0.6) is 0 Å². The van der Waals surface area contributed by atoms with Crippen LogP contribution in [0, 0.1) is 0 Å². The number of likely N-dealkylation sites (N-methyl/N-ethyl adjacent to an activating group) is 1. The van der Waals surface area contributed by atoms with Crippen LogP contribution in [-0.2, 0) is 18.4 Å². The number of aliphatic hydroxyl groups is 1. The van der Waals surface area contributed by atoms with E-state index >= 15 is 0 Å². The lowest BCUT2D eigenvalue weighted by Crippen LogP contribution is -2.45. The van der Waals surface area contributed by atoms with Gasteiger partial charge in [0.1, 0.15) is 13.2 Å². The summed E-state index contributed by atoms with van der Waals surface area (Å²) in [6.07, 6.45) is 62.9. The molecular formula is C55H102N2O6P+. The first-order valence-electron chi connectivity index (χ1n) is 26.3. The molecule has 0 radical (unpaired) electrons. The highest BCUT2D eigenvalue weighted by molar-refractivity contribution is 7.47. The van der Waals surface area contributed by atoms with Crippen LogP contribution in [0.1, 0.15) is 219 Å². The maximum absolute atomic E-state index is 12.9. The van der Waals surface area contributed by atoms with Gasteiger partial charge in [0.2, 0.25) is 5.91 Å². The van der Waals surface area contributed by atoms with Gasteiger partial charge in [-0.2, -0.15) is 0 Å². The Morgan fingerprint density at radius 1 is 0.547 bits per heavy atom. The SMILES string of the molecule is CC/C=C\C/C=C\C/C=C\C/C=C\C/C=C\CCCC(=O)NC(COP(=O)(O)OCC[N+](C)(C)C)C(O)/C=C/CCCCCCCCCCCCCCCCCCCCCCCCC. The molecule has 3 N–H and O–H groups in total. The summed E-state index contributed by atoms with van der Waals surface area (Å²) in [5.41, 5.74) is 0. The Kier molecular flexibility index (Phi) is 44.6. The van der Waals surface area contributed by atoms with Gasteiger partial charge in [0.05, 0.1) is 39.9 Å². The molecule has 0 aliphatic carbocycles. The summed E-state index contributed by atoms with van der Waals surface area (Å²) in [6, 6.07) is -0.880. The van der Waals surface area contributed by atoms with E-state index in [1.54, 1.807) is 6.08 Å². The van der Waals surface area contributed by atoms with Gasteiger partial charge in [-0.25, -0.2) is 4.57 Å². The molecular weight excluding hydrogens is 816 g/mol. The summed E-state index contributed by atoms with van der Waals surface area (Å²) in [6.45, 7) is 4.66. The van der Waals surface area contributed by atoms with E-state index in [2.05, 4.69) is 79.9 Å². The van der Waals surface area contributed by atoms with Crippen molar-refractivity contribution in [2.75, 3.05) is 40.9 Å². The molecule has 0 spiro atoms. The molecule has 0 fully saturated rings. The van der Waals surface area contributed by atoms with Crippen LogP contribution in [0.15, 0.2) is 72.9 Å². The first kappa shape index (κ1) is 61.9. The van der Waals surface area contributed by atoms with Crippen molar-refractivity contribution < 1.29 is 32.9 Å². The molecule has 0 aromatic heterocycles. The van der Waals surface area contributed by atoms with Crippen LogP contribution >= 0.6 is 7.82 Å². The zero-order valence-electron chi connectivity index (χ0n) is 42.3. The first-order chi connectivity index (χ1) is 31.0. The minimum Gasteiger partial charge on any atom is -0.387 e. The molecule has 9 heteroatoms. The van der Waals surface area contributed by atoms with Crippen molar-refractivity contribution in [3.8, 4) is 0 Å². The molecule has 0 saturated carbocycles. The van der Waals surface area contributed by atoms with Crippen LogP contribution < -0.4 is 5.32 Å². The number of nitrogens with one attached hydrogen (secondary N) is 1. The molecule has 0 aliphatic heterocycles. The molecule has 0 heterocycles. The maximum atomic E-state index is 12.9. The smallest absolute Gasteiger partial charge is 0.387 e. The van der Waals surface area contributed by atoms with Crippen molar-refractivity contribution in [3.63, 3.8) is 0 Å². The van der Waals surface area contributed by atoms with E-state index in [1.165, 1.54) is 135 Å². The summed E-state index contributed by atoms with van der Waals surface area (Å²) in [4.78, 5) is 23.2. The minimum atomic E-state index is -4.36. The number of carbonyl (C=O) groups is 1. The molecule has 0 rings (SSSR count). The number of amides is 1. The third-order valence-electron chi connectivity index (χ3n) is 11.4. The van der Waals surface area contributed by atoms with E-state index in [4.69, 9.17) is 9.05 Å². The highest BCUT2D eigenvalue weighted by Crippen LogP contribution is 2.43. The van der Waals surface area contributed by atoms with Crippen molar-refractivity contribution in [3.05, 3.63) is 72.9 Å². The molecule has 8 nitrogen and oxygen atoms in total. The first-order valence-corrected chi connectivity index (χ1v) is 27.8. The highest BCUT2D eigenvalue weighted by atomic mass is 31.2. The van der Waals surface area contributed by atoms with Gasteiger partial charge >= 0.3 is 7.82 Å². The van der Waals surface area contributed by atoms with E-state index in [0.29, 0.717) is 17.4 Å². The number of nitrogens with zero attached hydrogens (tertiary/aromatic N) is 1. The second-order valence-electron chi connectivity index (χ2n) is 18.9. The molecule has 0 aromatic carbocycles. The predicted molar refractivity (Wildman–Crippen MR) is 276 cm³/mol. The average Bonchev–Trinajstić information content (AvgIpc) is 3.25. The number of aliphatic hydroxyl groups excluding tert-OH is 1. The van der Waals surface area contributed by atoms with Gasteiger partial charge < -0.3 is 19.8 Å². The number of carbonyl (C=O) groups excluding carboxylic acids is 1. The van der Waals surface area contributed by atoms with Crippen LogP contribution in [0.3, 0.4) is 0 Å². The Morgan fingerprint density at radius 3 is 1.36 bits per heavy atom. The molecule has 3 unspecified atom stereocenters. The van der Waals surface area contributed by atoms with E-state index in [1.807, 2.05) is 27.2 Å². The van der Waals surface area contributed by atoms with Gasteiger partial charge in [0.15, 0.2) is 0 Å². The molecule has 3 atom stereocenters.